The molecule has 0 bridgehead atoms. The Bertz CT molecular complexity index is 561. The summed E-state index contributed by atoms with van der Waals surface area (Å²) in [7, 11) is -2.16. The van der Waals surface area contributed by atoms with E-state index in [0.717, 1.165) is 0 Å². The second-order valence-corrected chi connectivity index (χ2v) is 6.34. The molecule has 0 fully saturated rings. The highest BCUT2D eigenvalue weighted by Crippen LogP contribution is 2.22. The van der Waals surface area contributed by atoms with Gasteiger partial charge in [0.1, 0.15) is 5.82 Å². The maximum absolute atomic E-state index is 13.7. The molecule has 20 heavy (non-hydrogen) atoms. The summed E-state index contributed by atoms with van der Waals surface area (Å²) >= 11 is 0. The summed E-state index contributed by atoms with van der Waals surface area (Å²) in [4.78, 5) is 0.0646. The van der Waals surface area contributed by atoms with E-state index >= 15 is 0 Å². The first-order valence-corrected chi connectivity index (χ1v) is 7.80. The van der Waals surface area contributed by atoms with Crippen LogP contribution in [0, 0.1) is 12.7 Å². The minimum atomic E-state index is -3.66. The van der Waals surface area contributed by atoms with E-state index in [1.165, 1.54) is 30.5 Å². The molecule has 0 saturated heterocycles. The zero-order valence-corrected chi connectivity index (χ0v) is 12.8. The van der Waals surface area contributed by atoms with Crippen molar-refractivity contribution in [2.45, 2.75) is 25.3 Å². The summed E-state index contributed by atoms with van der Waals surface area (Å²) in [6, 6.07) is 2.63. The Hall–Kier alpha value is -1.02. The van der Waals surface area contributed by atoms with Crippen LogP contribution in [0.15, 0.2) is 17.0 Å². The number of sulfonamides is 1. The van der Waals surface area contributed by atoms with Crippen molar-refractivity contribution in [3.63, 3.8) is 0 Å². The second-order valence-electron chi connectivity index (χ2n) is 4.41. The predicted octanol–water partition coefficient (Wildman–Crippen LogP) is 1.25. The Morgan fingerprint density at radius 2 is 2.05 bits per heavy atom. The van der Waals surface area contributed by atoms with E-state index in [0.29, 0.717) is 13.2 Å². The van der Waals surface area contributed by atoms with Crippen LogP contribution in [-0.2, 0) is 21.3 Å². The quantitative estimate of drug-likeness (QED) is 0.823. The van der Waals surface area contributed by atoms with E-state index in [1.54, 1.807) is 6.92 Å². The molecule has 0 unspecified atom stereocenters. The fourth-order valence-corrected chi connectivity index (χ4v) is 3.46. The minimum Gasteiger partial charge on any atom is -0.383 e. The van der Waals surface area contributed by atoms with Gasteiger partial charge < -0.3 is 10.5 Å². The van der Waals surface area contributed by atoms with Crippen LogP contribution in [-0.4, -0.2) is 39.5 Å². The van der Waals surface area contributed by atoms with Crippen LogP contribution < -0.4 is 5.73 Å². The number of aryl methyl sites for hydroxylation is 1. The summed E-state index contributed by atoms with van der Waals surface area (Å²) in [5, 5.41) is 0. The van der Waals surface area contributed by atoms with Crippen LogP contribution >= 0.6 is 0 Å². The summed E-state index contributed by atoms with van der Waals surface area (Å²) in [5.74, 6) is -0.452. The van der Waals surface area contributed by atoms with Gasteiger partial charge in [0.2, 0.25) is 10.0 Å². The van der Waals surface area contributed by atoms with E-state index in [9.17, 15) is 12.8 Å². The first kappa shape index (κ1) is 17.0. The molecule has 114 valence electrons. The SMILES string of the molecule is CCN(CCOC)S(=O)(=O)c1cc(C)c(F)c(CN)c1. The predicted molar refractivity (Wildman–Crippen MR) is 75.3 cm³/mol. The van der Waals surface area contributed by atoms with Crippen LogP contribution in [0.4, 0.5) is 4.39 Å². The zero-order valence-electron chi connectivity index (χ0n) is 12.0. The van der Waals surface area contributed by atoms with Gasteiger partial charge >= 0.3 is 0 Å². The smallest absolute Gasteiger partial charge is 0.243 e. The number of nitrogens with two attached hydrogens (primary N) is 1. The number of likely N-dealkylation sites (N-methyl/N-ethyl adjacent to an activating group) is 1. The van der Waals surface area contributed by atoms with E-state index in [-0.39, 0.29) is 29.1 Å². The van der Waals surface area contributed by atoms with Crippen molar-refractivity contribution in [1.29, 1.82) is 0 Å². The van der Waals surface area contributed by atoms with Crippen LogP contribution in [0.3, 0.4) is 0 Å². The molecule has 0 radical (unpaired) electrons. The van der Waals surface area contributed by atoms with Crippen molar-refractivity contribution in [2.75, 3.05) is 26.8 Å². The summed E-state index contributed by atoms with van der Waals surface area (Å²) in [6.45, 7) is 4.10. The molecular formula is C13H21FN2O3S. The molecule has 2 N–H and O–H groups in total. The van der Waals surface area contributed by atoms with Gasteiger partial charge in [0.25, 0.3) is 0 Å². The highest BCUT2D eigenvalue weighted by molar-refractivity contribution is 7.89. The molecule has 7 heteroatoms. The number of rotatable bonds is 7. The van der Waals surface area contributed by atoms with Crippen molar-refractivity contribution >= 4 is 10.0 Å². The summed E-state index contributed by atoms with van der Waals surface area (Å²) in [6.07, 6.45) is 0. The molecule has 5 nitrogen and oxygen atoms in total. The van der Waals surface area contributed by atoms with Gasteiger partial charge in [0.05, 0.1) is 11.5 Å². The molecule has 0 aliphatic heterocycles. The van der Waals surface area contributed by atoms with Gasteiger partial charge in [-0.2, -0.15) is 4.31 Å². The molecule has 0 spiro atoms. The van der Waals surface area contributed by atoms with Gasteiger partial charge in [-0.25, -0.2) is 12.8 Å². The third-order valence-corrected chi connectivity index (χ3v) is 5.01. The fourth-order valence-electron chi connectivity index (χ4n) is 1.89. The van der Waals surface area contributed by atoms with Gasteiger partial charge in [-0.15, -0.1) is 0 Å². The second kappa shape index (κ2) is 7.12. The molecule has 0 amide bonds. The van der Waals surface area contributed by atoms with E-state index in [2.05, 4.69) is 0 Å². The standard InChI is InChI=1S/C13H21FN2O3S/c1-4-16(5-6-19-3)20(17,18)12-7-10(2)13(14)11(8-12)9-15/h7-8H,4-6,9,15H2,1-3H3. The number of benzene rings is 1. The molecule has 0 aliphatic carbocycles. The molecule has 0 saturated carbocycles. The molecule has 0 heterocycles. The van der Waals surface area contributed by atoms with Gasteiger partial charge in [0.15, 0.2) is 0 Å². The third-order valence-electron chi connectivity index (χ3n) is 3.06. The fraction of sp³-hybridized carbons (Fsp3) is 0.538. The highest BCUT2D eigenvalue weighted by atomic mass is 32.2. The van der Waals surface area contributed by atoms with Crippen molar-refractivity contribution in [1.82, 2.24) is 4.31 Å². The van der Waals surface area contributed by atoms with Gasteiger partial charge in [-0.3, -0.25) is 0 Å². The maximum Gasteiger partial charge on any atom is 0.243 e. The summed E-state index contributed by atoms with van der Waals surface area (Å²) in [5.41, 5.74) is 5.92. The average Bonchev–Trinajstić information content (AvgIpc) is 2.42. The van der Waals surface area contributed by atoms with E-state index < -0.39 is 15.8 Å². The lowest BCUT2D eigenvalue weighted by Gasteiger charge is -2.21. The number of hydrogen-bond acceptors (Lipinski definition) is 4. The Morgan fingerprint density at radius 3 is 2.55 bits per heavy atom. The molecule has 0 aromatic heterocycles. The number of nitrogens with zero attached hydrogens (tertiary/aromatic N) is 1. The maximum atomic E-state index is 13.7. The monoisotopic (exact) mass is 304 g/mol. The zero-order chi connectivity index (χ0) is 15.3. The minimum absolute atomic E-state index is 0.0414. The van der Waals surface area contributed by atoms with Crippen molar-refractivity contribution < 1.29 is 17.5 Å². The Kier molecular flexibility index (Phi) is 6.07. The Balaban J connectivity index is 3.23. The molecule has 0 aliphatic rings. The van der Waals surface area contributed by atoms with Crippen LogP contribution in [0.1, 0.15) is 18.1 Å². The van der Waals surface area contributed by atoms with E-state index in [1.807, 2.05) is 0 Å². The lowest BCUT2D eigenvalue weighted by molar-refractivity contribution is 0.180. The first-order valence-electron chi connectivity index (χ1n) is 6.36. The van der Waals surface area contributed by atoms with Crippen molar-refractivity contribution in [3.05, 3.63) is 29.1 Å². The summed E-state index contributed by atoms with van der Waals surface area (Å²) < 4.78 is 45.0. The number of halogens is 1. The number of ether oxygens (including phenoxy) is 1. The number of hydrogen-bond donors (Lipinski definition) is 1. The lowest BCUT2D eigenvalue weighted by Crippen LogP contribution is -2.34. The van der Waals surface area contributed by atoms with Crippen LogP contribution in [0.2, 0.25) is 0 Å². The Morgan fingerprint density at radius 1 is 1.40 bits per heavy atom. The topological polar surface area (TPSA) is 72.6 Å². The normalized spacial score (nSPS) is 12.1. The highest BCUT2D eigenvalue weighted by Gasteiger charge is 2.24. The lowest BCUT2D eigenvalue weighted by atomic mass is 10.1. The van der Waals surface area contributed by atoms with Crippen LogP contribution in [0.25, 0.3) is 0 Å². The Labute approximate surface area is 119 Å². The molecular weight excluding hydrogens is 283 g/mol. The molecule has 0 atom stereocenters. The molecule has 1 rings (SSSR count). The molecule has 1 aromatic carbocycles. The van der Waals surface area contributed by atoms with Crippen molar-refractivity contribution in [3.8, 4) is 0 Å². The van der Waals surface area contributed by atoms with Crippen LogP contribution in [0.5, 0.6) is 0 Å². The third kappa shape index (κ3) is 3.54. The number of methoxy groups -OCH3 is 1. The van der Waals surface area contributed by atoms with Gasteiger partial charge in [-0.05, 0) is 24.6 Å². The van der Waals surface area contributed by atoms with Gasteiger partial charge in [0, 0.05) is 32.3 Å². The van der Waals surface area contributed by atoms with E-state index in [4.69, 9.17) is 10.5 Å². The first-order chi connectivity index (χ1) is 9.38. The molecule has 1 aromatic rings. The average molecular weight is 304 g/mol. The largest absolute Gasteiger partial charge is 0.383 e. The van der Waals surface area contributed by atoms with Gasteiger partial charge in [-0.1, -0.05) is 6.92 Å². The van der Waals surface area contributed by atoms with Crippen molar-refractivity contribution in [2.24, 2.45) is 5.73 Å².